The van der Waals surface area contributed by atoms with Crippen LogP contribution in [0.3, 0.4) is 0 Å². The van der Waals surface area contributed by atoms with Crippen LogP contribution in [0.5, 0.6) is 5.75 Å². The number of carbonyl (C=O) groups excluding carboxylic acids is 1. The van der Waals surface area contributed by atoms with Gasteiger partial charge in [-0.25, -0.2) is 8.42 Å². The number of piperazine rings is 1. The Kier molecular flexibility index (Phi) is 6.41. The third kappa shape index (κ3) is 4.63. The van der Waals surface area contributed by atoms with Crippen molar-refractivity contribution in [3.8, 4) is 5.75 Å². The van der Waals surface area contributed by atoms with Gasteiger partial charge in [0.25, 0.3) is 15.9 Å². The van der Waals surface area contributed by atoms with Crippen LogP contribution < -0.4 is 4.74 Å². The lowest BCUT2D eigenvalue weighted by Crippen LogP contribution is -2.51. The van der Waals surface area contributed by atoms with Gasteiger partial charge in [-0.2, -0.15) is 4.31 Å². The zero-order valence-electron chi connectivity index (χ0n) is 14.9. The zero-order valence-corrected chi connectivity index (χ0v) is 17.3. The molecule has 146 valence electrons. The molecule has 0 bridgehead atoms. The fraction of sp³-hybridized carbons (Fsp3) is 0.389. The van der Waals surface area contributed by atoms with Crippen molar-refractivity contribution in [2.24, 2.45) is 0 Å². The van der Waals surface area contributed by atoms with E-state index < -0.39 is 10.0 Å². The van der Waals surface area contributed by atoms with E-state index in [9.17, 15) is 13.2 Å². The smallest absolute Gasteiger partial charge is 0.260 e. The number of halogens is 1. The van der Waals surface area contributed by atoms with E-state index in [-0.39, 0.29) is 29.8 Å². The molecule has 0 unspecified atom stereocenters. The minimum Gasteiger partial charge on any atom is -0.483 e. The summed E-state index contributed by atoms with van der Waals surface area (Å²) in [6, 6.07) is 10.7. The molecule has 1 aliphatic rings. The van der Waals surface area contributed by atoms with E-state index in [1.165, 1.54) is 10.4 Å². The second-order valence-corrected chi connectivity index (χ2v) is 9.97. The minimum atomic E-state index is -3.56. The monoisotopic (exact) mass is 428 g/mol. The maximum Gasteiger partial charge on any atom is 0.260 e. The van der Waals surface area contributed by atoms with Gasteiger partial charge in [-0.1, -0.05) is 36.7 Å². The molecular weight excluding hydrogens is 408 g/mol. The standard InChI is InChI=1S/C18H21ClN2O4S2/c1-2-14-5-3-4-6-15(14)25-13-17(22)20-9-11-21(12-10-20)27(23,24)18-8-7-16(19)26-18/h3-8H,2,9-13H2,1H3. The molecule has 0 atom stereocenters. The number of thiophene rings is 1. The molecule has 2 aromatic rings. The molecule has 3 rings (SSSR count). The molecule has 27 heavy (non-hydrogen) atoms. The second kappa shape index (κ2) is 8.60. The Bertz CT molecular complexity index is 906. The Hall–Kier alpha value is -1.61. The van der Waals surface area contributed by atoms with Crippen LogP contribution in [0, 0.1) is 0 Å². The average Bonchev–Trinajstić information content (AvgIpc) is 3.13. The number of hydrogen-bond acceptors (Lipinski definition) is 5. The van der Waals surface area contributed by atoms with Crippen LogP contribution in [0.1, 0.15) is 12.5 Å². The van der Waals surface area contributed by atoms with Crippen LogP contribution in [0.15, 0.2) is 40.6 Å². The van der Waals surface area contributed by atoms with Crippen molar-refractivity contribution >= 4 is 38.9 Å². The number of sulfonamides is 1. The summed E-state index contributed by atoms with van der Waals surface area (Å²) in [4.78, 5) is 14.1. The van der Waals surface area contributed by atoms with Gasteiger partial charge in [-0.15, -0.1) is 11.3 Å². The van der Waals surface area contributed by atoms with E-state index in [2.05, 4.69) is 0 Å². The molecule has 2 heterocycles. The van der Waals surface area contributed by atoms with E-state index in [1.54, 1.807) is 11.0 Å². The maximum atomic E-state index is 12.6. The first kappa shape index (κ1) is 20.1. The average molecular weight is 429 g/mol. The van der Waals surface area contributed by atoms with E-state index in [0.29, 0.717) is 23.2 Å². The van der Waals surface area contributed by atoms with E-state index >= 15 is 0 Å². The summed E-state index contributed by atoms with van der Waals surface area (Å²) in [6.45, 7) is 3.19. The van der Waals surface area contributed by atoms with Crippen molar-refractivity contribution in [1.82, 2.24) is 9.21 Å². The van der Waals surface area contributed by atoms with Crippen molar-refractivity contribution in [1.29, 1.82) is 0 Å². The van der Waals surface area contributed by atoms with Crippen LogP contribution >= 0.6 is 22.9 Å². The van der Waals surface area contributed by atoms with Gasteiger partial charge in [0.05, 0.1) is 4.34 Å². The van der Waals surface area contributed by atoms with Gasteiger partial charge in [0, 0.05) is 26.2 Å². The van der Waals surface area contributed by atoms with E-state index in [4.69, 9.17) is 16.3 Å². The van der Waals surface area contributed by atoms with Crippen molar-refractivity contribution in [3.05, 3.63) is 46.3 Å². The second-order valence-electron chi connectivity index (χ2n) is 6.09. The van der Waals surface area contributed by atoms with Gasteiger partial charge < -0.3 is 9.64 Å². The predicted molar refractivity (Wildman–Crippen MR) is 106 cm³/mol. The summed E-state index contributed by atoms with van der Waals surface area (Å²) in [7, 11) is -3.56. The molecule has 1 aromatic carbocycles. The Morgan fingerprint density at radius 1 is 1.15 bits per heavy atom. The summed E-state index contributed by atoms with van der Waals surface area (Å²) in [5.74, 6) is 0.571. The minimum absolute atomic E-state index is 0.0513. The largest absolute Gasteiger partial charge is 0.483 e. The lowest BCUT2D eigenvalue weighted by atomic mass is 10.1. The molecule has 6 nitrogen and oxygen atoms in total. The van der Waals surface area contributed by atoms with Crippen molar-refractivity contribution < 1.29 is 17.9 Å². The molecular formula is C18H21ClN2O4S2. The normalized spacial score (nSPS) is 15.7. The van der Waals surface area contributed by atoms with Gasteiger partial charge in [-0.05, 0) is 30.2 Å². The number of amides is 1. The highest BCUT2D eigenvalue weighted by molar-refractivity contribution is 7.91. The first-order valence-corrected chi connectivity index (χ1v) is 11.3. The Labute approximate surface area is 168 Å². The van der Waals surface area contributed by atoms with Crippen LogP contribution in [-0.4, -0.2) is 56.3 Å². The number of hydrogen-bond donors (Lipinski definition) is 0. The molecule has 0 aliphatic carbocycles. The Balaban J connectivity index is 1.55. The number of ether oxygens (including phenoxy) is 1. The molecule has 1 saturated heterocycles. The number of para-hydroxylation sites is 1. The van der Waals surface area contributed by atoms with Crippen molar-refractivity contribution in [3.63, 3.8) is 0 Å². The SMILES string of the molecule is CCc1ccccc1OCC(=O)N1CCN(S(=O)(=O)c2ccc(Cl)s2)CC1. The molecule has 1 fully saturated rings. The van der Waals surface area contributed by atoms with Crippen LogP contribution in [0.2, 0.25) is 4.34 Å². The molecule has 0 spiro atoms. The first-order chi connectivity index (χ1) is 12.9. The Morgan fingerprint density at radius 3 is 2.48 bits per heavy atom. The van der Waals surface area contributed by atoms with Gasteiger partial charge in [0.15, 0.2) is 6.61 Å². The molecule has 1 aromatic heterocycles. The van der Waals surface area contributed by atoms with E-state index in [1.807, 2.05) is 31.2 Å². The van der Waals surface area contributed by atoms with Gasteiger partial charge in [0.1, 0.15) is 9.96 Å². The van der Waals surface area contributed by atoms with Crippen LogP contribution in [0.25, 0.3) is 0 Å². The lowest BCUT2D eigenvalue weighted by Gasteiger charge is -2.33. The fourth-order valence-electron chi connectivity index (χ4n) is 2.91. The maximum absolute atomic E-state index is 12.6. The Morgan fingerprint density at radius 2 is 1.85 bits per heavy atom. The number of rotatable bonds is 6. The quantitative estimate of drug-likeness (QED) is 0.709. The molecule has 1 amide bonds. The van der Waals surface area contributed by atoms with Crippen LogP contribution in [0.4, 0.5) is 0 Å². The molecule has 0 radical (unpaired) electrons. The number of nitrogens with zero attached hydrogens (tertiary/aromatic N) is 2. The number of benzene rings is 1. The van der Waals surface area contributed by atoms with Crippen LogP contribution in [-0.2, 0) is 21.2 Å². The van der Waals surface area contributed by atoms with E-state index in [0.717, 1.165) is 23.3 Å². The highest BCUT2D eigenvalue weighted by Crippen LogP contribution is 2.28. The summed E-state index contributed by atoms with van der Waals surface area (Å²) in [6.07, 6.45) is 0.827. The lowest BCUT2D eigenvalue weighted by molar-refractivity contribution is -0.134. The topological polar surface area (TPSA) is 66.9 Å². The number of carbonyl (C=O) groups is 1. The van der Waals surface area contributed by atoms with Gasteiger partial charge in [0.2, 0.25) is 0 Å². The first-order valence-electron chi connectivity index (χ1n) is 8.65. The molecule has 9 heteroatoms. The summed E-state index contributed by atoms with van der Waals surface area (Å²) < 4.78 is 32.9. The molecule has 0 saturated carbocycles. The van der Waals surface area contributed by atoms with Crippen molar-refractivity contribution in [2.75, 3.05) is 32.8 Å². The van der Waals surface area contributed by atoms with Crippen molar-refractivity contribution in [2.45, 2.75) is 17.6 Å². The molecule has 0 N–H and O–H groups in total. The predicted octanol–water partition coefficient (Wildman–Crippen LogP) is 2.88. The molecule has 1 aliphatic heterocycles. The highest BCUT2D eigenvalue weighted by atomic mass is 35.5. The van der Waals surface area contributed by atoms with Gasteiger partial charge >= 0.3 is 0 Å². The zero-order chi connectivity index (χ0) is 19.4. The number of aryl methyl sites for hydroxylation is 1. The summed E-state index contributed by atoms with van der Waals surface area (Å²) in [5.41, 5.74) is 1.05. The highest BCUT2D eigenvalue weighted by Gasteiger charge is 2.31. The summed E-state index contributed by atoms with van der Waals surface area (Å²) >= 11 is 6.89. The third-order valence-corrected chi connectivity index (χ3v) is 8.04. The van der Waals surface area contributed by atoms with Gasteiger partial charge in [-0.3, -0.25) is 4.79 Å². The fourth-order valence-corrected chi connectivity index (χ4v) is 5.97. The summed E-state index contributed by atoms with van der Waals surface area (Å²) in [5, 5.41) is 0. The third-order valence-electron chi connectivity index (χ3n) is 4.44.